The first-order chi connectivity index (χ1) is 12.9. The number of ether oxygens (including phenoxy) is 1. The molecule has 0 spiro atoms. The molecule has 0 saturated heterocycles. The molecule has 27 heavy (non-hydrogen) atoms. The summed E-state index contributed by atoms with van der Waals surface area (Å²) in [5.74, 6) is 0.448. The van der Waals surface area contributed by atoms with Gasteiger partial charge >= 0.3 is 0 Å². The molecule has 1 unspecified atom stereocenters. The topological polar surface area (TPSA) is 89.2 Å². The van der Waals surface area contributed by atoms with Crippen LogP contribution in [0.3, 0.4) is 0 Å². The smallest absolute Gasteiger partial charge is 0.220 e. The van der Waals surface area contributed by atoms with E-state index in [0.717, 1.165) is 5.75 Å². The minimum absolute atomic E-state index is 0.0380. The highest BCUT2D eigenvalue weighted by molar-refractivity contribution is 6.30. The molecule has 0 radical (unpaired) electrons. The number of benzene rings is 2. The number of hydrogen-bond acceptors (Lipinski definition) is 6. The minimum atomic E-state index is -0.579. The van der Waals surface area contributed by atoms with Crippen molar-refractivity contribution in [3.63, 3.8) is 0 Å². The molecule has 0 amide bonds. The molecule has 6 nitrogen and oxygen atoms in total. The van der Waals surface area contributed by atoms with Crippen molar-refractivity contribution in [3.8, 4) is 5.75 Å². The van der Waals surface area contributed by atoms with E-state index < -0.39 is 12.0 Å². The maximum atomic E-state index is 13.9. The quantitative estimate of drug-likeness (QED) is 0.713. The summed E-state index contributed by atoms with van der Waals surface area (Å²) in [4.78, 5) is 10.0. The fourth-order valence-electron chi connectivity index (χ4n) is 2.65. The summed E-state index contributed by atoms with van der Waals surface area (Å²) in [7, 11) is 0. The van der Waals surface area contributed by atoms with E-state index in [4.69, 9.17) is 39.4 Å². The highest BCUT2D eigenvalue weighted by Gasteiger charge is 2.26. The monoisotopic (exact) mass is 409 g/mol. The second kappa shape index (κ2) is 8.45. The number of nitrogens with two attached hydrogens (primary N) is 2. The summed E-state index contributed by atoms with van der Waals surface area (Å²) in [6.07, 6.45) is 0.0608. The van der Waals surface area contributed by atoms with E-state index >= 15 is 0 Å². The van der Waals surface area contributed by atoms with Crippen LogP contribution in [0.2, 0.25) is 10.0 Å². The lowest BCUT2D eigenvalue weighted by molar-refractivity contribution is 0.258. The van der Waals surface area contributed by atoms with Gasteiger partial charge in [-0.25, -0.2) is 9.38 Å². The lowest BCUT2D eigenvalue weighted by Gasteiger charge is -2.32. The number of rotatable bonds is 6. The Labute approximate surface area is 166 Å². The molecule has 9 heteroatoms. The van der Waals surface area contributed by atoms with E-state index in [2.05, 4.69) is 9.98 Å². The van der Waals surface area contributed by atoms with Gasteiger partial charge in [-0.3, -0.25) is 0 Å². The highest BCUT2D eigenvalue weighted by atomic mass is 35.5. The summed E-state index contributed by atoms with van der Waals surface area (Å²) in [6, 6.07) is 11.6. The molecule has 1 atom stereocenters. The Morgan fingerprint density at radius 3 is 2.56 bits per heavy atom. The van der Waals surface area contributed by atoms with Gasteiger partial charge in [0, 0.05) is 11.6 Å². The zero-order valence-corrected chi connectivity index (χ0v) is 15.8. The molecule has 2 aromatic rings. The summed E-state index contributed by atoms with van der Waals surface area (Å²) in [5, 5.41) is 0.684. The maximum absolute atomic E-state index is 13.9. The Hall–Kier alpha value is -2.51. The zero-order chi connectivity index (χ0) is 19.4. The third-order valence-electron chi connectivity index (χ3n) is 3.94. The Bertz CT molecular complexity index is 873. The average Bonchev–Trinajstić information content (AvgIpc) is 2.63. The van der Waals surface area contributed by atoms with Crippen molar-refractivity contribution in [2.75, 3.05) is 13.2 Å². The van der Waals surface area contributed by atoms with Crippen LogP contribution >= 0.6 is 23.2 Å². The molecule has 0 aromatic heterocycles. The van der Waals surface area contributed by atoms with Gasteiger partial charge in [-0.1, -0.05) is 29.3 Å². The van der Waals surface area contributed by atoms with Gasteiger partial charge in [-0.2, -0.15) is 4.99 Å². The second-order valence-corrected chi connectivity index (χ2v) is 6.70. The van der Waals surface area contributed by atoms with Crippen LogP contribution in [0.5, 0.6) is 5.75 Å². The largest absolute Gasteiger partial charge is 0.494 e. The van der Waals surface area contributed by atoms with Crippen molar-refractivity contribution < 1.29 is 9.13 Å². The molecule has 1 heterocycles. The first kappa shape index (κ1) is 19.3. The van der Waals surface area contributed by atoms with E-state index in [1.54, 1.807) is 35.2 Å². The standard InChI is InChI=1S/C18H18Cl2FN5O/c19-12-3-5-13(6-4-12)27-9-1-8-26-16(24-17(22)25-18(26)23)11-2-7-14(20)15(21)10-11/h2-7,10,16H,1,8-9H2,(H4,22,23,24,25). The van der Waals surface area contributed by atoms with E-state index in [-0.39, 0.29) is 16.9 Å². The molecule has 4 N–H and O–H groups in total. The number of guanidine groups is 2. The molecule has 1 aliphatic heterocycles. The van der Waals surface area contributed by atoms with Crippen LogP contribution < -0.4 is 16.2 Å². The predicted octanol–water partition coefficient (Wildman–Crippen LogP) is 3.55. The molecule has 0 aliphatic carbocycles. The summed E-state index contributed by atoms with van der Waals surface area (Å²) < 4.78 is 19.5. The fraction of sp³-hybridized carbons (Fsp3) is 0.222. The van der Waals surface area contributed by atoms with Gasteiger partial charge in [0.25, 0.3) is 0 Å². The molecule has 3 rings (SSSR count). The maximum Gasteiger partial charge on any atom is 0.220 e. The van der Waals surface area contributed by atoms with Gasteiger partial charge in [-0.15, -0.1) is 0 Å². The Kier molecular flexibility index (Phi) is 6.03. The molecule has 1 aliphatic rings. The molecule has 0 saturated carbocycles. The zero-order valence-electron chi connectivity index (χ0n) is 14.3. The van der Waals surface area contributed by atoms with Crippen LogP contribution in [0.25, 0.3) is 0 Å². The Morgan fingerprint density at radius 1 is 1.11 bits per heavy atom. The summed E-state index contributed by atoms with van der Waals surface area (Å²) in [5.41, 5.74) is 12.3. The van der Waals surface area contributed by atoms with E-state index in [1.807, 2.05) is 0 Å². The number of nitrogens with zero attached hydrogens (tertiary/aromatic N) is 3. The van der Waals surface area contributed by atoms with Crippen molar-refractivity contribution in [2.24, 2.45) is 21.5 Å². The SMILES string of the molecule is NC1=NC(c2ccc(Cl)c(F)c2)N(CCCOc2ccc(Cl)cc2)C(N)=N1. The lowest BCUT2D eigenvalue weighted by atomic mass is 10.1. The van der Waals surface area contributed by atoms with Gasteiger partial charge < -0.3 is 21.1 Å². The summed E-state index contributed by atoms with van der Waals surface area (Å²) in [6.45, 7) is 0.945. The molecule has 142 valence electrons. The van der Waals surface area contributed by atoms with Crippen molar-refractivity contribution in [2.45, 2.75) is 12.6 Å². The normalized spacial score (nSPS) is 16.7. The third kappa shape index (κ3) is 4.81. The van der Waals surface area contributed by atoms with Crippen LogP contribution in [-0.2, 0) is 0 Å². The van der Waals surface area contributed by atoms with Crippen molar-refractivity contribution in [1.29, 1.82) is 0 Å². The van der Waals surface area contributed by atoms with Crippen molar-refractivity contribution in [3.05, 3.63) is 63.9 Å². The minimum Gasteiger partial charge on any atom is -0.494 e. The third-order valence-corrected chi connectivity index (χ3v) is 4.50. The van der Waals surface area contributed by atoms with Gasteiger partial charge in [-0.05, 0) is 48.4 Å². The van der Waals surface area contributed by atoms with Gasteiger partial charge in [0.1, 0.15) is 11.6 Å². The molecule has 2 aromatic carbocycles. The van der Waals surface area contributed by atoms with Gasteiger partial charge in [0.05, 0.1) is 11.6 Å². The highest BCUT2D eigenvalue weighted by Crippen LogP contribution is 2.27. The lowest BCUT2D eigenvalue weighted by Crippen LogP contribution is -2.44. The second-order valence-electron chi connectivity index (χ2n) is 5.85. The van der Waals surface area contributed by atoms with Crippen LogP contribution in [0, 0.1) is 5.82 Å². The molecule has 0 fully saturated rings. The first-order valence-corrected chi connectivity index (χ1v) is 8.97. The van der Waals surface area contributed by atoms with Crippen molar-refractivity contribution >= 4 is 35.1 Å². The summed E-state index contributed by atoms with van der Waals surface area (Å²) >= 11 is 11.6. The van der Waals surface area contributed by atoms with E-state index in [1.165, 1.54) is 12.1 Å². The van der Waals surface area contributed by atoms with Crippen LogP contribution in [0.4, 0.5) is 4.39 Å². The molecular formula is C18H18Cl2FN5O. The average molecular weight is 410 g/mol. The van der Waals surface area contributed by atoms with Crippen LogP contribution in [0.15, 0.2) is 52.4 Å². The fourth-order valence-corrected chi connectivity index (χ4v) is 2.89. The van der Waals surface area contributed by atoms with Gasteiger partial charge in [0.2, 0.25) is 11.9 Å². The van der Waals surface area contributed by atoms with E-state index in [9.17, 15) is 4.39 Å². The first-order valence-electron chi connectivity index (χ1n) is 8.21. The van der Waals surface area contributed by atoms with E-state index in [0.29, 0.717) is 30.2 Å². The van der Waals surface area contributed by atoms with Gasteiger partial charge in [0.15, 0.2) is 6.17 Å². The molecule has 0 bridgehead atoms. The number of aliphatic imine (C=N–C) groups is 2. The molecular weight excluding hydrogens is 392 g/mol. The van der Waals surface area contributed by atoms with Crippen LogP contribution in [0.1, 0.15) is 18.2 Å². The Morgan fingerprint density at radius 2 is 1.85 bits per heavy atom. The predicted molar refractivity (Wildman–Crippen MR) is 106 cm³/mol. The van der Waals surface area contributed by atoms with Crippen LogP contribution in [-0.4, -0.2) is 30.0 Å². The Balaban J connectivity index is 1.66. The number of halogens is 3. The van der Waals surface area contributed by atoms with Crippen molar-refractivity contribution in [1.82, 2.24) is 4.90 Å². The number of hydrogen-bond donors (Lipinski definition) is 2.